The van der Waals surface area contributed by atoms with E-state index in [4.69, 9.17) is 10.5 Å². The van der Waals surface area contributed by atoms with Gasteiger partial charge < -0.3 is 10.5 Å². The molecule has 0 saturated heterocycles. The summed E-state index contributed by atoms with van der Waals surface area (Å²) in [5.41, 5.74) is 4.33. The van der Waals surface area contributed by atoms with E-state index in [9.17, 15) is 13.2 Å². The molecule has 0 aromatic rings. The lowest BCUT2D eigenvalue weighted by molar-refractivity contribution is 0.0570. The maximum absolute atomic E-state index is 11.0. The van der Waals surface area contributed by atoms with Crippen LogP contribution in [0, 0.1) is 0 Å². The standard InChI is InChI=1S/C7H16N2O4S/c1-7(2,3)13-6(10)9-14(11,12)5-4-8/h4-5,8H2,1-3H3,(H,9,10). The van der Waals surface area contributed by atoms with Crippen molar-refractivity contribution in [1.29, 1.82) is 0 Å². The van der Waals surface area contributed by atoms with Crippen molar-refractivity contribution in [2.24, 2.45) is 5.73 Å². The number of sulfonamides is 1. The first-order valence-electron chi connectivity index (χ1n) is 4.10. The van der Waals surface area contributed by atoms with Crippen LogP contribution in [0.1, 0.15) is 20.8 Å². The molecule has 0 aromatic heterocycles. The van der Waals surface area contributed by atoms with Crippen molar-refractivity contribution in [2.45, 2.75) is 26.4 Å². The third kappa shape index (κ3) is 6.67. The summed E-state index contributed by atoms with van der Waals surface area (Å²) in [7, 11) is -3.65. The number of rotatable bonds is 3. The highest BCUT2D eigenvalue weighted by molar-refractivity contribution is 7.90. The second kappa shape index (κ2) is 4.61. The van der Waals surface area contributed by atoms with E-state index < -0.39 is 21.7 Å². The molecule has 3 N–H and O–H groups in total. The molecule has 0 aliphatic rings. The largest absolute Gasteiger partial charge is 0.443 e. The molecule has 0 saturated carbocycles. The van der Waals surface area contributed by atoms with Crippen LogP contribution >= 0.6 is 0 Å². The molecule has 0 rings (SSSR count). The molecular formula is C7H16N2O4S. The van der Waals surface area contributed by atoms with Gasteiger partial charge >= 0.3 is 6.09 Å². The van der Waals surface area contributed by atoms with Crippen LogP contribution in [0.2, 0.25) is 0 Å². The van der Waals surface area contributed by atoms with Crippen LogP contribution < -0.4 is 10.5 Å². The summed E-state index contributed by atoms with van der Waals surface area (Å²) < 4.78 is 28.6. The molecule has 0 heterocycles. The Morgan fingerprint density at radius 2 is 1.93 bits per heavy atom. The smallest absolute Gasteiger partial charge is 0.421 e. The fraction of sp³-hybridized carbons (Fsp3) is 0.857. The molecule has 0 aromatic carbocycles. The zero-order valence-corrected chi connectivity index (χ0v) is 9.35. The van der Waals surface area contributed by atoms with Gasteiger partial charge in [0.15, 0.2) is 0 Å². The summed E-state index contributed by atoms with van der Waals surface area (Å²) in [6, 6.07) is 0. The highest BCUT2D eigenvalue weighted by Gasteiger charge is 2.20. The molecule has 14 heavy (non-hydrogen) atoms. The molecule has 84 valence electrons. The minimum Gasteiger partial charge on any atom is -0.443 e. The van der Waals surface area contributed by atoms with Crippen LogP contribution in [-0.4, -0.2) is 32.4 Å². The van der Waals surface area contributed by atoms with Crippen molar-refractivity contribution in [3.05, 3.63) is 0 Å². The van der Waals surface area contributed by atoms with Gasteiger partial charge in [-0.2, -0.15) is 0 Å². The van der Waals surface area contributed by atoms with Crippen molar-refractivity contribution >= 4 is 16.1 Å². The number of hydrogen-bond acceptors (Lipinski definition) is 5. The molecule has 0 bridgehead atoms. The minimum atomic E-state index is -3.65. The molecule has 0 fully saturated rings. The number of carbonyl (C=O) groups excluding carboxylic acids is 1. The first kappa shape index (κ1) is 13.2. The van der Waals surface area contributed by atoms with E-state index in [1.165, 1.54) is 0 Å². The fourth-order valence-corrected chi connectivity index (χ4v) is 1.34. The zero-order chi connectivity index (χ0) is 11.4. The maximum Gasteiger partial charge on any atom is 0.421 e. The van der Waals surface area contributed by atoms with Crippen LogP contribution in [0.4, 0.5) is 4.79 Å². The Labute approximate surface area is 83.9 Å². The van der Waals surface area contributed by atoms with Gasteiger partial charge in [-0.1, -0.05) is 0 Å². The first-order valence-corrected chi connectivity index (χ1v) is 5.75. The second-order valence-electron chi connectivity index (χ2n) is 3.71. The van der Waals surface area contributed by atoms with E-state index >= 15 is 0 Å². The van der Waals surface area contributed by atoms with Crippen molar-refractivity contribution < 1.29 is 17.9 Å². The van der Waals surface area contributed by atoms with Gasteiger partial charge in [0.05, 0.1) is 5.75 Å². The van der Waals surface area contributed by atoms with E-state index in [1.807, 2.05) is 0 Å². The monoisotopic (exact) mass is 224 g/mol. The molecule has 0 aliphatic heterocycles. The topological polar surface area (TPSA) is 98.5 Å². The summed E-state index contributed by atoms with van der Waals surface area (Å²) in [5, 5.41) is 0. The number of carbonyl (C=O) groups is 1. The Kier molecular flexibility index (Phi) is 4.34. The highest BCUT2D eigenvalue weighted by atomic mass is 32.2. The molecule has 0 radical (unpaired) electrons. The van der Waals surface area contributed by atoms with Crippen molar-refractivity contribution in [3.8, 4) is 0 Å². The summed E-state index contributed by atoms with van der Waals surface area (Å²) in [5.74, 6) is -0.299. The average Bonchev–Trinajstić information content (AvgIpc) is 1.78. The van der Waals surface area contributed by atoms with E-state index in [0.29, 0.717) is 0 Å². The first-order chi connectivity index (χ1) is 6.16. The Balaban J connectivity index is 4.21. The summed E-state index contributed by atoms with van der Waals surface area (Å²) in [4.78, 5) is 11.0. The van der Waals surface area contributed by atoms with Gasteiger partial charge in [0.1, 0.15) is 5.60 Å². The Morgan fingerprint density at radius 3 is 2.29 bits per heavy atom. The molecular weight excluding hydrogens is 208 g/mol. The lowest BCUT2D eigenvalue weighted by atomic mass is 10.2. The quantitative estimate of drug-likeness (QED) is 0.691. The Hall–Kier alpha value is -0.820. The Bertz CT molecular complexity index is 291. The second-order valence-corrected chi connectivity index (χ2v) is 5.55. The lowest BCUT2D eigenvalue weighted by Gasteiger charge is -2.19. The predicted octanol–water partition coefficient (Wildman–Crippen LogP) is -0.200. The SMILES string of the molecule is CC(C)(C)OC(=O)NS(=O)(=O)CCN. The van der Waals surface area contributed by atoms with E-state index in [-0.39, 0.29) is 12.3 Å². The molecule has 1 amide bonds. The van der Waals surface area contributed by atoms with E-state index in [2.05, 4.69) is 0 Å². The molecule has 0 atom stereocenters. The number of nitrogens with one attached hydrogen (secondary N) is 1. The Morgan fingerprint density at radius 1 is 1.43 bits per heavy atom. The van der Waals surface area contributed by atoms with Gasteiger partial charge in [-0.15, -0.1) is 0 Å². The molecule has 6 nitrogen and oxygen atoms in total. The zero-order valence-electron chi connectivity index (χ0n) is 8.53. The maximum atomic E-state index is 11.0. The van der Waals surface area contributed by atoms with Gasteiger partial charge in [-0.05, 0) is 20.8 Å². The lowest BCUT2D eigenvalue weighted by Crippen LogP contribution is -2.38. The molecule has 7 heteroatoms. The molecule has 0 aliphatic carbocycles. The van der Waals surface area contributed by atoms with E-state index in [1.54, 1.807) is 25.5 Å². The third-order valence-electron chi connectivity index (χ3n) is 1.02. The molecule has 0 unspecified atom stereocenters. The molecule has 0 spiro atoms. The van der Waals surface area contributed by atoms with Crippen LogP contribution in [-0.2, 0) is 14.8 Å². The van der Waals surface area contributed by atoms with Crippen LogP contribution in [0.25, 0.3) is 0 Å². The number of amides is 1. The van der Waals surface area contributed by atoms with Gasteiger partial charge in [0.2, 0.25) is 10.0 Å². The van der Waals surface area contributed by atoms with Crippen molar-refractivity contribution in [1.82, 2.24) is 4.72 Å². The van der Waals surface area contributed by atoms with Crippen LogP contribution in [0.3, 0.4) is 0 Å². The third-order valence-corrected chi connectivity index (χ3v) is 2.28. The average molecular weight is 224 g/mol. The van der Waals surface area contributed by atoms with Crippen molar-refractivity contribution in [2.75, 3.05) is 12.3 Å². The van der Waals surface area contributed by atoms with Gasteiger partial charge in [-0.25, -0.2) is 17.9 Å². The van der Waals surface area contributed by atoms with Gasteiger partial charge in [0.25, 0.3) is 0 Å². The fourth-order valence-electron chi connectivity index (χ4n) is 0.632. The summed E-state index contributed by atoms with van der Waals surface area (Å²) >= 11 is 0. The predicted molar refractivity (Wildman–Crippen MR) is 52.2 cm³/mol. The van der Waals surface area contributed by atoms with Gasteiger partial charge in [0, 0.05) is 6.54 Å². The number of ether oxygens (including phenoxy) is 1. The highest BCUT2D eigenvalue weighted by Crippen LogP contribution is 2.06. The van der Waals surface area contributed by atoms with Crippen molar-refractivity contribution in [3.63, 3.8) is 0 Å². The minimum absolute atomic E-state index is 0.0435. The number of hydrogen-bond donors (Lipinski definition) is 2. The normalized spacial score (nSPS) is 12.3. The van der Waals surface area contributed by atoms with Crippen LogP contribution in [0.15, 0.2) is 0 Å². The van der Waals surface area contributed by atoms with Crippen LogP contribution in [0.5, 0.6) is 0 Å². The summed E-state index contributed by atoms with van der Waals surface area (Å²) in [6.07, 6.45) is -0.981. The number of nitrogens with two attached hydrogens (primary N) is 1. The van der Waals surface area contributed by atoms with E-state index in [0.717, 1.165) is 0 Å². The summed E-state index contributed by atoms with van der Waals surface area (Å²) in [6.45, 7) is 4.88. The van der Waals surface area contributed by atoms with Gasteiger partial charge in [-0.3, -0.25) is 0 Å².